The lowest BCUT2D eigenvalue weighted by atomic mass is 9.79. The SMILES string of the molecule is CC/C(=C\C1=C(N(c2ccc3c(c2)C(C)(C)C2=CCCC=C23)c2ccc3c(c2)C(C)(C)c2ccccc2-3)C(C)(C)c2ccc(C(C)(C)C)cc21)C(C)(C)C. The van der Waals surface area contributed by atoms with Gasteiger partial charge >= 0.3 is 0 Å². The van der Waals surface area contributed by atoms with E-state index in [-0.39, 0.29) is 27.1 Å². The Bertz CT molecular complexity index is 2350. The summed E-state index contributed by atoms with van der Waals surface area (Å²) in [6.07, 6.45) is 10.8. The fourth-order valence-electron chi connectivity index (χ4n) is 10.3. The molecule has 4 aliphatic carbocycles. The maximum absolute atomic E-state index is 2.67. The molecule has 0 aliphatic heterocycles. The number of nitrogens with zero attached hydrogens (tertiary/aromatic N) is 1. The largest absolute Gasteiger partial charge is 0.313 e. The number of anilines is 2. The first kappa shape index (κ1) is 36.6. The van der Waals surface area contributed by atoms with Crippen molar-refractivity contribution in [3.05, 3.63) is 153 Å². The van der Waals surface area contributed by atoms with Gasteiger partial charge in [0.15, 0.2) is 0 Å². The average molecular weight is 712 g/mol. The van der Waals surface area contributed by atoms with Gasteiger partial charge in [-0.05, 0) is 116 Å². The molecule has 0 saturated heterocycles. The van der Waals surface area contributed by atoms with E-state index in [4.69, 9.17) is 0 Å². The van der Waals surface area contributed by atoms with Crippen LogP contribution < -0.4 is 4.90 Å². The smallest absolute Gasteiger partial charge is 0.0462 e. The second-order valence-electron chi connectivity index (χ2n) is 20.1. The summed E-state index contributed by atoms with van der Waals surface area (Å²) < 4.78 is 0. The first-order chi connectivity index (χ1) is 25.3. The topological polar surface area (TPSA) is 3.24 Å². The summed E-state index contributed by atoms with van der Waals surface area (Å²) in [4.78, 5) is 2.67. The van der Waals surface area contributed by atoms with Gasteiger partial charge in [0.2, 0.25) is 0 Å². The van der Waals surface area contributed by atoms with Crippen LogP contribution in [0.2, 0.25) is 0 Å². The molecule has 0 saturated carbocycles. The molecule has 4 aromatic carbocycles. The molecular formula is C53H61N. The van der Waals surface area contributed by atoms with E-state index in [1.54, 1.807) is 0 Å². The van der Waals surface area contributed by atoms with E-state index in [9.17, 15) is 0 Å². The Morgan fingerprint density at radius 3 is 1.85 bits per heavy atom. The van der Waals surface area contributed by atoms with Crippen molar-refractivity contribution in [2.45, 2.75) is 131 Å². The van der Waals surface area contributed by atoms with E-state index < -0.39 is 0 Å². The number of hydrogen-bond donors (Lipinski definition) is 0. The molecule has 4 aliphatic rings. The van der Waals surface area contributed by atoms with Crippen molar-refractivity contribution in [2.24, 2.45) is 5.41 Å². The highest BCUT2D eigenvalue weighted by Crippen LogP contribution is 2.57. The lowest BCUT2D eigenvalue weighted by Crippen LogP contribution is -2.30. The van der Waals surface area contributed by atoms with Crippen LogP contribution in [0, 0.1) is 5.41 Å². The minimum Gasteiger partial charge on any atom is -0.313 e. The highest BCUT2D eigenvalue weighted by Gasteiger charge is 2.45. The second kappa shape index (κ2) is 12.1. The molecule has 0 aromatic heterocycles. The standard InChI is InChI=1S/C53H61N/c1-14-33(49(2,3)4)29-42-41-30-34(50(5,6)7)23-28-45(41)53(12,13)48(42)54(35-24-26-39-37-19-15-17-21-43(37)51(8,9)46(39)31-35)36-25-27-40-38-20-16-18-22-44(38)52(10,11)47(40)32-36/h15,17,19-32H,14,16,18H2,1-13H3/b33-29+. The molecule has 0 bridgehead atoms. The zero-order valence-electron chi connectivity index (χ0n) is 35.3. The van der Waals surface area contributed by atoms with Crippen molar-refractivity contribution < 1.29 is 0 Å². The quantitative estimate of drug-likeness (QED) is 0.199. The summed E-state index contributed by atoms with van der Waals surface area (Å²) in [5.74, 6) is 0. The van der Waals surface area contributed by atoms with Crippen molar-refractivity contribution in [1.29, 1.82) is 0 Å². The van der Waals surface area contributed by atoms with Crippen molar-refractivity contribution in [3.63, 3.8) is 0 Å². The maximum atomic E-state index is 2.67. The molecule has 278 valence electrons. The van der Waals surface area contributed by atoms with Gasteiger partial charge in [0.1, 0.15) is 0 Å². The number of benzene rings is 4. The molecule has 0 spiro atoms. The molecule has 4 aromatic rings. The Hall–Kier alpha value is -4.36. The normalized spacial score (nSPS) is 19.1. The minimum absolute atomic E-state index is 0.0420. The van der Waals surface area contributed by atoms with E-state index >= 15 is 0 Å². The molecule has 0 unspecified atom stereocenters. The Morgan fingerprint density at radius 2 is 1.20 bits per heavy atom. The van der Waals surface area contributed by atoms with E-state index in [1.165, 1.54) is 89.4 Å². The van der Waals surface area contributed by atoms with Gasteiger partial charge in [0, 0.05) is 38.9 Å². The van der Waals surface area contributed by atoms with Crippen molar-refractivity contribution in [3.8, 4) is 11.1 Å². The number of allylic oxidation sites excluding steroid dienone is 8. The molecule has 8 rings (SSSR count). The van der Waals surface area contributed by atoms with Crippen LogP contribution in [-0.4, -0.2) is 0 Å². The molecule has 0 N–H and O–H groups in total. The third-order valence-electron chi connectivity index (χ3n) is 13.5. The minimum atomic E-state index is -0.264. The van der Waals surface area contributed by atoms with Gasteiger partial charge in [-0.1, -0.05) is 168 Å². The maximum Gasteiger partial charge on any atom is 0.0462 e. The van der Waals surface area contributed by atoms with Gasteiger partial charge in [0.25, 0.3) is 0 Å². The zero-order chi connectivity index (χ0) is 38.7. The van der Waals surface area contributed by atoms with E-state index in [0.29, 0.717) is 0 Å². The molecule has 1 heteroatoms. The van der Waals surface area contributed by atoms with Gasteiger partial charge in [0.05, 0.1) is 0 Å². The lowest BCUT2D eigenvalue weighted by Gasteiger charge is -2.37. The van der Waals surface area contributed by atoms with Crippen LogP contribution in [0.1, 0.15) is 148 Å². The summed E-state index contributed by atoms with van der Waals surface area (Å²) in [6, 6.07) is 31.1. The average Bonchev–Trinajstić information content (AvgIpc) is 3.59. The monoisotopic (exact) mass is 711 g/mol. The first-order valence-electron chi connectivity index (χ1n) is 20.5. The third-order valence-corrected chi connectivity index (χ3v) is 13.5. The van der Waals surface area contributed by atoms with Gasteiger partial charge in [-0.3, -0.25) is 0 Å². The number of hydrogen-bond acceptors (Lipinski definition) is 1. The van der Waals surface area contributed by atoms with Crippen LogP contribution in [-0.2, 0) is 21.7 Å². The molecule has 1 nitrogen and oxygen atoms in total. The van der Waals surface area contributed by atoms with Gasteiger partial charge in [-0.2, -0.15) is 0 Å². The van der Waals surface area contributed by atoms with Crippen molar-refractivity contribution in [1.82, 2.24) is 0 Å². The molecule has 0 fully saturated rings. The number of fused-ring (bicyclic) bond motifs is 7. The van der Waals surface area contributed by atoms with Crippen LogP contribution in [0.15, 0.2) is 114 Å². The van der Waals surface area contributed by atoms with Crippen molar-refractivity contribution >= 4 is 22.5 Å². The highest BCUT2D eigenvalue weighted by atomic mass is 15.2. The summed E-state index contributed by atoms with van der Waals surface area (Å²) in [6.45, 7) is 31.1. The van der Waals surface area contributed by atoms with E-state index in [0.717, 1.165) is 19.3 Å². The fourth-order valence-corrected chi connectivity index (χ4v) is 10.3. The van der Waals surface area contributed by atoms with Gasteiger partial charge in [-0.25, -0.2) is 0 Å². The molecular weight excluding hydrogens is 651 g/mol. The molecule has 0 heterocycles. The van der Waals surface area contributed by atoms with Gasteiger partial charge < -0.3 is 4.90 Å². The van der Waals surface area contributed by atoms with Gasteiger partial charge in [-0.15, -0.1) is 0 Å². The van der Waals surface area contributed by atoms with Crippen LogP contribution in [0.5, 0.6) is 0 Å². The molecule has 0 amide bonds. The molecule has 0 atom stereocenters. The van der Waals surface area contributed by atoms with Crippen LogP contribution in [0.4, 0.5) is 11.4 Å². The lowest BCUT2D eigenvalue weighted by molar-refractivity contribution is 0.488. The summed E-state index contributed by atoms with van der Waals surface area (Å²) in [7, 11) is 0. The highest BCUT2D eigenvalue weighted by molar-refractivity contribution is 5.95. The molecule has 0 radical (unpaired) electrons. The fraction of sp³-hybridized carbons (Fsp3) is 0.396. The third kappa shape index (κ3) is 5.39. The summed E-state index contributed by atoms with van der Waals surface area (Å²) >= 11 is 0. The Labute approximate surface area is 326 Å². The second-order valence-corrected chi connectivity index (χ2v) is 20.1. The zero-order valence-corrected chi connectivity index (χ0v) is 35.3. The Balaban J connectivity index is 1.46. The predicted molar refractivity (Wildman–Crippen MR) is 234 cm³/mol. The summed E-state index contributed by atoms with van der Waals surface area (Å²) in [5, 5.41) is 0. The van der Waals surface area contributed by atoms with E-state index in [1.807, 2.05) is 0 Å². The Kier molecular flexibility index (Phi) is 8.18. The Morgan fingerprint density at radius 1 is 0.611 bits per heavy atom. The van der Waals surface area contributed by atoms with Crippen LogP contribution in [0.25, 0.3) is 22.3 Å². The first-order valence-corrected chi connectivity index (χ1v) is 20.5. The summed E-state index contributed by atoms with van der Waals surface area (Å²) in [5.41, 5.74) is 21.8. The van der Waals surface area contributed by atoms with Crippen molar-refractivity contribution in [2.75, 3.05) is 4.90 Å². The molecule has 54 heavy (non-hydrogen) atoms. The predicted octanol–water partition coefficient (Wildman–Crippen LogP) is 14.9. The van der Waals surface area contributed by atoms with Crippen LogP contribution in [0.3, 0.4) is 0 Å². The van der Waals surface area contributed by atoms with Crippen LogP contribution >= 0.6 is 0 Å². The van der Waals surface area contributed by atoms with E-state index in [2.05, 4.69) is 192 Å². The number of rotatable bonds is 5.